The van der Waals surface area contributed by atoms with Gasteiger partial charge in [-0.2, -0.15) is 0 Å². The lowest BCUT2D eigenvalue weighted by Gasteiger charge is -2.36. The van der Waals surface area contributed by atoms with Crippen LogP contribution in [0.25, 0.3) is 0 Å². The Morgan fingerprint density at radius 2 is 2.00 bits per heavy atom. The van der Waals surface area contributed by atoms with Gasteiger partial charge in [0.25, 0.3) is 0 Å². The Bertz CT molecular complexity index is 401. The van der Waals surface area contributed by atoms with Crippen molar-refractivity contribution in [3.8, 4) is 0 Å². The van der Waals surface area contributed by atoms with E-state index >= 15 is 0 Å². The molecule has 1 aliphatic rings. The minimum absolute atomic E-state index is 0.141. The number of likely N-dealkylation sites (tertiary alicyclic amines) is 1. The van der Waals surface area contributed by atoms with E-state index in [0.29, 0.717) is 12.1 Å². The van der Waals surface area contributed by atoms with Crippen molar-refractivity contribution in [1.82, 2.24) is 4.90 Å². The van der Waals surface area contributed by atoms with E-state index < -0.39 is 11.6 Å². The van der Waals surface area contributed by atoms with Crippen LogP contribution >= 0.6 is 0 Å². The molecule has 0 spiro atoms. The van der Waals surface area contributed by atoms with E-state index in [4.69, 9.17) is 5.73 Å². The van der Waals surface area contributed by atoms with Gasteiger partial charge in [-0.05, 0) is 37.9 Å². The summed E-state index contributed by atoms with van der Waals surface area (Å²) in [5.41, 5.74) is 6.28. The molecule has 1 heterocycles. The maximum Gasteiger partial charge on any atom is 0.130 e. The summed E-state index contributed by atoms with van der Waals surface area (Å²) < 4.78 is 26.7. The zero-order valence-electron chi connectivity index (χ0n) is 10.7. The first-order valence-electron chi connectivity index (χ1n) is 6.51. The molecule has 4 heteroatoms. The third-order valence-electron chi connectivity index (χ3n) is 3.80. The average molecular weight is 254 g/mol. The molecule has 18 heavy (non-hydrogen) atoms. The Morgan fingerprint density at radius 1 is 1.33 bits per heavy atom. The van der Waals surface area contributed by atoms with Crippen molar-refractivity contribution >= 4 is 0 Å². The fourth-order valence-corrected chi connectivity index (χ4v) is 2.58. The number of piperidine rings is 1. The van der Waals surface area contributed by atoms with E-state index in [9.17, 15) is 8.78 Å². The topological polar surface area (TPSA) is 29.3 Å². The number of rotatable bonds is 3. The predicted molar refractivity (Wildman–Crippen MR) is 68.1 cm³/mol. The highest BCUT2D eigenvalue weighted by molar-refractivity contribution is 5.22. The zero-order chi connectivity index (χ0) is 13.1. The molecule has 1 aliphatic heterocycles. The van der Waals surface area contributed by atoms with Gasteiger partial charge in [0.15, 0.2) is 0 Å². The second kappa shape index (κ2) is 5.76. The van der Waals surface area contributed by atoms with Gasteiger partial charge in [0, 0.05) is 24.2 Å². The van der Waals surface area contributed by atoms with Crippen LogP contribution in [0.4, 0.5) is 8.78 Å². The molecule has 1 aromatic carbocycles. The number of nitrogens with two attached hydrogens (primary N) is 1. The van der Waals surface area contributed by atoms with Gasteiger partial charge in [-0.1, -0.05) is 13.0 Å². The molecule has 2 rings (SSSR count). The first kappa shape index (κ1) is 13.4. The Kier molecular flexibility index (Phi) is 4.30. The lowest BCUT2D eigenvalue weighted by molar-refractivity contribution is 0.139. The molecule has 0 aromatic heterocycles. The van der Waals surface area contributed by atoms with Crippen LogP contribution in [0.2, 0.25) is 0 Å². The molecule has 0 amide bonds. The minimum Gasteiger partial charge on any atom is -0.329 e. The van der Waals surface area contributed by atoms with Gasteiger partial charge in [-0.25, -0.2) is 8.78 Å². The Morgan fingerprint density at radius 3 is 2.56 bits per heavy atom. The largest absolute Gasteiger partial charge is 0.329 e. The van der Waals surface area contributed by atoms with Crippen molar-refractivity contribution in [2.24, 2.45) is 11.7 Å². The van der Waals surface area contributed by atoms with Crippen LogP contribution in [0.15, 0.2) is 18.2 Å². The highest BCUT2D eigenvalue weighted by Crippen LogP contribution is 2.27. The molecule has 1 fully saturated rings. The number of hydrogen-bond acceptors (Lipinski definition) is 2. The average Bonchev–Trinajstić information content (AvgIpc) is 2.35. The van der Waals surface area contributed by atoms with Gasteiger partial charge in [-0.15, -0.1) is 0 Å². The van der Waals surface area contributed by atoms with Crippen molar-refractivity contribution in [3.05, 3.63) is 35.4 Å². The van der Waals surface area contributed by atoms with Crippen LogP contribution < -0.4 is 5.73 Å². The number of hydrogen-bond donors (Lipinski definition) is 1. The summed E-state index contributed by atoms with van der Waals surface area (Å²) in [6.45, 7) is 4.45. The van der Waals surface area contributed by atoms with Crippen LogP contribution in [-0.2, 0) is 0 Å². The highest BCUT2D eigenvalue weighted by Gasteiger charge is 2.25. The molecule has 0 saturated carbocycles. The summed E-state index contributed by atoms with van der Waals surface area (Å²) in [5.74, 6) is -0.318. The van der Waals surface area contributed by atoms with Crippen molar-refractivity contribution in [3.63, 3.8) is 0 Å². The summed E-state index contributed by atoms with van der Waals surface area (Å²) in [7, 11) is 0. The Hall–Kier alpha value is -1.00. The maximum absolute atomic E-state index is 13.8. The van der Waals surface area contributed by atoms with Crippen molar-refractivity contribution in [1.29, 1.82) is 0 Å². The fraction of sp³-hybridized carbons (Fsp3) is 0.571. The van der Waals surface area contributed by atoms with Crippen LogP contribution in [0.1, 0.15) is 31.4 Å². The molecule has 2 nitrogen and oxygen atoms in total. The van der Waals surface area contributed by atoms with Crippen molar-refractivity contribution in [2.75, 3.05) is 19.6 Å². The van der Waals surface area contributed by atoms with Crippen molar-refractivity contribution in [2.45, 2.75) is 25.8 Å². The highest BCUT2D eigenvalue weighted by atomic mass is 19.1. The molecule has 0 unspecified atom stereocenters. The van der Waals surface area contributed by atoms with E-state index in [2.05, 4.69) is 11.8 Å². The van der Waals surface area contributed by atoms with E-state index in [1.807, 2.05) is 0 Å². The lowest BCUT2D eigenvalue weighted by atomic mass is 9.95. The number of halogens is 2. The minimum atomic E-state index is -0.542. The maximum atomic E-state index is 13.8. The zero-order valence-corrected chi connectivity index (χ0v) is 10.7. The molecule has 100 valence electrons. The molecule has 1 aromatic rings. The third kappa shape index (κ3) is 2.87. The van der Waals surface area contributed by atoms with E-state index in [0.717, 1.165) is 37.9 Å². The second-order valence-corrected chi connectivity index (χ2v) is 5.14. The van der Waals surface area contributed by atoms with Crippen LogP contribution in [0, 0.1) is 17.6 Å². The van der Waals surface area contributed by atoms with Gasteiger partial charge < -0.3 is 5.73 Å². The van der Waals surface area contributed by atoms with Crippen LogP contribution in [0.5, 0.6) is 0 Å². The number of benzene rings is 1. The van der Waals surface area contributed by atoms with Crippen LogP contribution in [0.3, 0.4) is 0 Å². The van der Waals surface area contributed by atoms with E-state index in [1.54, 1.807) is 0 Å². The molecule has 0 radical (unpaired) electrons. The summed E-state index contributed by atoms with van der Waals surface area (Å²) >= 11 is 0. The lowest BCUT2D eigenvalue weighted by Crippen LogP contribution is -2.39. The molecule has 1 atom stereocenters. The van der Waals surface area contributed by atoms with Gasteiger partial charge in [0.05, 0.1) is 0 Å². The monoisotopic (exact) mass is 254 g/mol. The fourth-order valence-electron chi connectivity index (χ4n) is 2.58. The van der Waals surface area contributed by atoms with Gasteiger partial charge in [0.2, 0.25) is 0 Å². The van der Waals surface area contributed by atoms with Crippen molar-refractivity contribution < 1.29 is 8.78 Å². The summed E-state index contributed by atoms with van der Waals surface area (Å²) in [5, 5.41) is 0. The van der Waals surface area contributed by atoms with Crippen LogP contribution in [-0.4, -0.2) is 24.5 Å². The summed E-state index contributed by atoms with van der Waals surface area (Å²) in [4.78, 5) is 2.20. The SMILES string of the molecule is CC1CCN([C@H](CN)c2ccc(F)cc2F)CC1. The first-order valence-corrected chi connectivity index (χ1v) is 6.51. The second-order valence-electron chi connectivity index (χ2n) is 5.14. The summed E-state index contributed by atoms with van der Waals surface area (Å²) in [6.07, 6.45) is 2.22. The molecular formula is C14H20F2N2. The molecule has 0 aliphatic carbocycles. The molecular weight excluding hydrogens is 234 g/mol. The Balaban J connectivity index is 2.17. The third-order valence-corrected chi connectivity index (χ3v) is 3.80. The normalized spacial score (nSPS) is 20.0. The quantitative estimate of drug-likeness (QED) is 0.898. The first-order chi connectivity index (χ1) is 8.61. The molecule has 2 N–H and O–H groups in total. The summed E-state index contributed by atoms with van der Waals surface area (Å²) in [6, 6.07) is 3.61. The van der Waals surface area contributed by atoms with E-state index in [-0.39, 0.29) is 6.04 Å². The Labute approximate surface area is 107 Å². The van der Waals surface area contributed by atoms with Gasteiger partial charge in [0.1, 0.15) is 11.6 Å². The molecule has 1 saturated heterocycles. The number of nitrogens with zero attached hydrogens (tertiary/aromatic N) is 1. The molecule has 0 bridgehead atoms. The standard InChI is InChI=1S/C14H20F2N2/c1-10-4-6-18(7-5-10)14(9-17)12-3-2-11(15)8-13(12)16/h2-3,8,10,14H,4-7,9,17H2,1H3/t14-/m1/s1. The van der Waals surface area contributed by atoms with E-state index in [1.165, 1.54) is 12.1 Å². The van der Waals surface area contributed by atoms with Gasteiger partial charge >= 0.3 is 0 Å². The van der Waals surface area contributed by atoms with Gasteiger partial charge in [-0.3, -0.25) is 4.90 Å². The smallest absolute Gasteiger partial charge is 0.130 e. The predicted octanol–water partition coefficient (Wildman–Crippen LogP) is 2.70.